The minimum Gasteiger partial charge on any atom is -0.367 e. The topological polar surface area (TPSA) is 37.3 Å². The monoisotopic (exact) mass is 153 g/mol. The number of rotatable bonds is 1. The second-order valence-electron chi connectivity index (χ2n) is 2.02. The Kier molecular flexibility index (Phi) is 1.39. The number of amidine groups is 1. The van der Waals surface area contributed by atoms with Crippen molar-refractivity contribution >= 4 is 17.2 Å². The lowest BCUT2D eigenvalue weighted by molar-refractivity contribution is 0.960. The number of hydrogen-bond acceptors (Lipinski definition) is 4. The minimum absolute atomic E-state index is 0.896. The average Bonchev–Trinajstić information content (AvgIpc) is 2.59. The molecule has 1 aromatic heterocycles. The summed E-state index contributed by atoms with van der Waals surface area (Å²) in [5.74, 6) is 1.00. The summed E-state index contributed by atoms with van der Waals surface area (Å²) in [6.07, 6.45) is 1.84. The quantitative estimate of drug-likeness (QED) is 0.637. The van der Waals surface area contributed by atoms with Crippen LogP contribution >= 0.6 is 11.3 Å². The lowest BCUT2D eigenvalue weighted by Crippen LogP contribution is -2.18. The molecule has 0 bridgehead atoms. The van der Waals surface area contributed by atoms with Crippen LogP contribution in [0.15, 0.2) is 16.7 Å². The zero-order valence-corrected chi connectivity index (χ0v) is 6.19. The molecule has 52 valence electrons. The zero-order valence-electron chi connectivity index (χ0n) is 5.37. The average molecular weight is 153 g/mol. The van der Waals surface area contributed by atoms with E-state index in [0.29, 0.717) is 0 Å². The molecule has 2 rings (SSSR count). The fourth-order valence-electron chi connectivity index (χ4n) is 0.896. The Labute approximate surface area is 62.8 Å². The first kappa shape index (κ1) is 5.85. The maximum atomic E-state index is 4.25. The fourth-order valence-corrected chi connectivity index (χ4v) is 1.50. The van der Waals surface area contributed by atoms with Gasteiger partial charge in [-0.25, -0.2) is 0 Å². The normalized spacial score (nSPS) is 16.6. The molecule has 4 heteroatoms. The van der Waals surface area contributed by atoms with E-state index in [1.807, 2.05) is 11.7 Å². The number of nitrogens with zero attached hydrogens (tertiary/aromatic N) is 2. The van der Waals surface area contributed by atoms with Gasteiger partial charge in [-0.2, -0.15) is 0 Å². The van der Waals surface area contributed by atoms with Gasteiger partial charge in [0.2, 0.25) is 0 Å². The molecule has 1 N–H and O–H groups in total. The number of nitrogens with one attached hydrogen (secondary N) is 1. The van der Waals surface area contributed by atoms with Crippen molar-refractivity contribution in [3.8, 4) is 0 Å². The van der Waals surface area contributed by atoms with Crippen LogP contribution in [0.1, 0.15) is 4.88 Å². The van der Waals surface area contributed by atoms with Crippen LogP contribution in [0.25, 0.3) is 0 Å². The van der Waals surface area contributed by atoms with Crippen LogP contribution in [-0.2, 0) is 0 Å². The second kappa shape index (κ2) is 2.38. The van der Waals surface area contributed by atoms with Crippen LogP contribution in [0.5, 0.6) is 0 Å². The van der Waals surface area contributed by atoms with Crippen LogP contribution in [0, 0.1) is 0 Å². The van der Waals surface area contributed by atoms with E-state index < -0.39 is 0 Å². The van der Waals surface area contributed by atoms with Crippen molar-refractivity contribution in [2.45, 2.75) is 0 Å². The fraction of sp³-hybridized carbons (Fsp3) is 0.333. The van der Waals surface area contributed by atoms with Gasteiger partial charge in [-0.1, -0.05) is 0 Å². The van der Waals surface area contributed by atoms with Gasteiger partial charge in [0.15, 0.2) is 0 Å². The third-order valence-electron chi connectivity index (χ3n) is 1.34. The van der Waals surface area contributed by atoms with Gasteiger partial charge in [0.1, 0.15) is 5.84 Å². The lowest BCUT2D eigenvalue weighted by atomic mass is 10.5. The molecule has 0 aromatic carbocycles. The van der Waals surface area contributed by atoms with Crippen LogP contribution in [0.2, 0.25) is 0 Å². The zero-order chi connectivity index (χ0) is 6.81. The molecule has 0 spiro atoms. The highest BCUT2D eigenvalue weighted by atomic mass is 32.1. The van der Waals surface area contributed by atoms with E-state index in [9.17, 15) is 0 Å². The van der Waals surface area contributed by atoms with E-state index in [4.69, 9.17) is 0 Å². The summed E-state index contributed by atoms with van der Waals surface area (Å²) in [5, 5.41) is 3.18. The number of thiazole rings is 1. The highest BCUT2D eigenvalue weighted by molar-refractivity contribution is 7.11. The van der Waals surface area contributed by atoms with E-state index in [1.54, 1.807) is 11.3 Å². The maximum absolute atomic E-state index is 4.25. The molecule has 0 radical (unpaired) electrons. The molecule has 0 unspecified atom stereocenters. The van der Waals surface area contributed by atoms with Crippen molar-refractivity contribution in [3.05, 3.63) is 16.6 Å². The molecule has 2 heterocycles. The molecule has 0 saturated heterocycles. The standard InChI is InChI=1S/C6H7N3S/c1-2-9-6(8-1)5-3-7-4-10-5/h3-4H,1-2H2,(H,8,9). The Morgan fingerprint density at radius 2 is 2.60 bits per heavy atom. The van der Waals surface area contributed by atoms with Gasteiger partial charge in [0.25, 0.3) is 0 Å². The van der Waals surface area contributed by atoms with Gasteiger partial charge in [0, 0.05) is 12.7 Å². The highest BCUT2D eigenvalue weighted by Crippen LogP contribution is 2.07. The first-order valence-electron chi connectivity index (χ1n) is 3.14. The van der Waals surface area contributed by atoms with Crippen molar-refractivity contribution in [2.24, 2.45) is 4.99 Å². The summed E-state index contributed by atoms with van der Waals surface area (Å²) in [6.45, 7) is 1.86. The SMILES string of the molecule is c1ncc(C2=NCCN2)s1. The van der Waals surface area contributed by atoms with Crippen molar-refractivity contribution in [1.29, 1.82) is 0 Å². The van der Waals surface area contributed by atoms with Gasteiger partial charge in [-0.3, -0.25) is 9.98 Å². The van der Waals surface area contributed by atoms with Crippen LogP contribution in [0.3, 0.4) is 0 Å². The molecule has 0 aliphatic carbocycles. The van der Waals surface area contributed by atoms with Gasteiger partial charge >= 0.3 is 0 Å². The Bertz CT molecular complexity index is 240. The van der Waals surface area contributed by atoms with Crippen LogP contribution < -0.4 is 5.32 Å². The number of hydrogen-bond donors (Lipinski definition) is 1. The summed E-state index contributed by atoms with van der Waals surface area (Å²) in [7, 11) is 0. The molecular weight excluding hydrogens is 146 g/mol. The highest BCUT2D eigenvalue weighted by Gasteiger charge is 2.07. The van der Waals surface area contributed by atoms with E-state index in [1.165, 1.54) is 0 Å². The Morgan fingerprint density at radius 3 is 3.20 bits per heavy atom. The maximum Gasteiger partial charge on any atom is 0.140 e. The van der Waals surface area contributed by atoms with Crippen LogP contribution in [-0.4, -0.2) is 23.9 Å². The van der Waals surface area contributed by atoms with E-state index in [-0.39, 0.29) is 0 Å². The van der Waals surface area contributed by atoms with Crippen molar-refractivity contribution < 1.29 is 0 Å². The third-order valence-corrected chi connectivity index (χ3v) is 2.12. The predicted octanol–water partition coefficient (Wildman–Crippen LogP) is 0.493. The molecule has 0 amide bonds. The summed E-state index contributed by atoms with van der Waals surface area (Å²) < 4.78 is 0. The van der Waals surface area contributed by atoms with Crippen LogP contribution in [0.4, 0.5) is 0 Å². The molecule has 1 aliphatic heterocycles. The van der Waals surface area contributed by atoms with E-state index >= 15 is 0 Å². The molecule has 0 atom stereocenters. The number of aliphatic imine (C=N–C) groups is 1. The van der Waals surface area contributed by atoms with Crippen molar-refractivity contribution in [2.75, 3.05) is 13.1 Å². The largest absolute Gasteiger partial charge is 0.367 e. The summed E-state index contributed by atoms with van der Waals surface area (Å²) in [4.78, 5) is 9.36. The van der Waals surface area contributed by atoms with E-state index in [0.717, 1.165) is 23.8 Å². The smallest absolute Gasteiger partial charge is 0.140 e. The second-order valence-corrected chi connectivity index (χ2v) is 2.91. The van der Waals surface area contributed by atoms with Crippen molar-refractivity contribution in [3.63, 3.8) is 0 Å². The lowest BCUT2D eigenvalue weighted by Gasteiger charge is -1.93. The molecule has 10 heavy (non-hydrogen) atoms. The molecule has 0 saturated carbocycles. The first-order chi connectivity index (χ1) is 4.97. The molecule has 3 nitrogen and oxygen atoms in total. The Morgan fingerprint density at radius 1 is 1.60 bits per heavy atom. The summed E-state index contributed by atoms with van der Waals surface area (Å²) in [6, 6.07) is 0. The van der Waals surface area contributed by atoms with Gasteiger partial charge in [0.05, 0.1) is 16.9 Å². The Hall–Kier alpha value is -0.900. The van der Waals surface area contributed by atoms with Crippen molar-refractivity contribution in [1.82, 2.24) is 10.3 Å². The van der Waals surface area contributed by atoms with Gasteiger partial charge < -0.3 is 5.32 Å². The minimum atomic E-state index is 0.896. The molecular formula is C6H7N3S. The Balaban J connectivity index is 2.28. The molecule has 1 aliphatic rings. The van der Waals surface area contributed by atoms with E-state index in [2.05, 4.69) is 15.3 Å². The molecule has 0 fully saturated rings. The third kappa shape index (κ3) is 0.903. The van der Waals surface area contributed by atoms with Gasteiger partial charge in [-0.15, -0.1) is 11.3 Å². The summed E-state index contributed by atoms with van der Waals surface area (Å²) in [5.41, 5.74) is 1.82. The van der Waals surface area contributed by atoms with Gasteiger partial charge in [-0.05, 0) is 0 Å². The summed E-state index contributed by atoms with van der Waals surface area (Å²) >= 11 is 1.62. The first-order valence-corrected chi connectivity index (χ1v) is 4.02. The predicted molar refractivity (Wildman–Crippen MR) is 41.5 cm³/mol. The number of aromatic nitrogens is 1. The molecule has 1 aromatic rings.